The summed E-state index contributed by atoms with van der Waals surface area (Å²) in [6, 6.07) is 3.80. The van der Waals surface area contributed by atoms with E-state index in [9.17, 15) is 14.7 Å². The number of Topliss-reactive ketones (excluding diaryl/α,β-unsaturated/α-hetero) is 1. The molecule has 196 valence electrons. The summed E-state index contributed by atoms with van der Waals surface area (Å²) in [5.74, 6) is 0.846. The number of carboxylic acids is 1. The third kappa shape index (κ3) is 5.46. The zero-order valence-electron chi connectivity index (χ0n) is 22.2. The van der Waals surface area contributed by atoms with E-state index in [4.69, 9.17) is 4.74 Å². The lowest BCUT2D eigenvalue weighted by atomic mass is 9.68. The molecule has 0 spiro atoms. The first-order valence-corrected chi connectivity index (χ1v) is 14.0. The van der Waals surface area contributed by atoms with Gasteiger partial charge in [0.15, 0.2) is 5.78 Å². The van der Waals surface area contributed by atoms with Crippen molar-refractivity contribution < 1.29 is 19.4 Å². The number of H-pyrrole nitrogens is 1. The second kappa shape index (κ2) is 11.8. The molecule has 1 saturated carbocycles. The molecule has 0 bridgehead atoms. The van der Waals surface area contributed by atoms with Gasteiger partial charge >= 0.3 is 5.97 Å². The van der Waals surface area contributed by atoms with Crippen molar-refractivity contribution in [3.05, 3.63) is 60.0 Å². The molecule has 3 aliphatic rings. The number of hydrogen-bond donors (Lipinski definition) is 2. The van der Waals surface area contributed by atoms with Crippen LogP contribution in [0.5, 0.6) is 0 Å². The first-order chi connectivity index (χ1) is 17.3. The average Bonchev–Trinajstić information content (AvgIpc) is 3.56. The van der Waals surface area contributed by atoms with E-state index in [1.807, 2.05) is 18.3 Å². The number of carbonyl (C=O) groups is 2. The molecule has 0 unspecified atom stereocenters. The van der Waals surface area contributed by atoms with Gasteiger partial charge in [0.1, 0.15) is 0 Å². The van der Waals surface area contributed by atoms with Gasteiger partial charge in [-0.1, -0.05) is 57.6 Å². The van der Waals surface area contributed by atoms with Crippen molar-refractivity contribution in [1.29, 1.82) is 0 Å². The van der Waals surface area contributed by atoms with Crippen molar-refractivity contribution in [3.8, 4) is 0 Å². The van der Waals surface area contributed by atoms with Crippen LogP contribution >= 0.6 is 0 Å². The fourth-order valence-corrected chi connectivity index (χ4v) is 6.88. The van der Waals surface area contributed by atoms with Crippen LogP contribution in [0, 0.1) is 41.4 Å². The van der Waals surface area contributed by atoms with Crippen LogP contribution in [0.1, 0.15) is 76.7 Å². The second-order valence-electron chi connectivity index (χ2n) is 11.2. The lowest BCUT2D eigenvalue weighted by molar-refractivity contribution is -0.152. The summed E-state index contributed by atoms with van der Waals surface area (Å²) >= 11 is 0. The number of aromatic amines is 1. The largest absolute Gasteiger partial charge is 0.481 e. The van der Waals surface area contributed by atoms with E-state index in [0.717, 1.165) is 25.7 Å². The Balaban J connectivity index is 1.55. The summed E-state index contributed by atoms with van der Waals surface area (Å²) < 4.78 is 6.35. The van der Waals surface area contributed by atoms with E-state index in [-0.39, 0.29) is 29.8 Å². The van der Waals surface area contributed by atoms with E-state index in [1.54, 1.807) is 6.92 Å². The lowest BCUT2D eigenvalue weighted by Gasteiger charge is -2.38. The van der Waals surface area contributed by atoms with Crippen LogP contribution in [0.4, 0.5) is 0 Å². The highest BCUT2D eigenvalue weighted by Crippen LogP contribution is 2.49. The standard InChI is InChI=1S/C31H43NO4/c1-5-21-13-16-25-24(21)15-14-23(28(25)29(33)26-11-8-18-32-26)10-7-9-22(6-2)30-19(3)12-17-27(36-30)20(4)31(34)35/h7-11,14-15,18-21,23-25,27-28,30,32H,5-6,12-13,16-17H2,1-4H3,(H,34,35)/b10-7+,22-9+/t19-,20+,21-,23+,24+,25+,27+,28+,30+/m0/s1. The molecular formula is C31H43NO4. The van der Waals surface area contributed by atoms with Gasteiger partial charge in [-0.2, -0.15) is 0 Å². The lowest BCUT2D eigenvalue weighted by Crippen LogP contribution is -2.40. The van der Waals surface area contributed by atoms with Crippen molar-refractivity contribution in [2.45, 2.75) is 78.4 Å². The molecule has 2 N–H and O–H groups in total. The minimum Gasteiger partial charge on any atom is -0.481 e. The highest BCUT2D eigenvalue weighted by molar-refractivity contribution is 5.97. The van der Waals surface area contributed by atoms with Crippen LogP contribution in [-0.2, 0) is 9.53 Å². The number of rotatable bonds is 9. The van der Waals surface area contributed by atoms with E-state index in [0.29, 0.717) is 29.4 Å². The number of allylic oxidation sites excluding steroid dienone is 5. The molecule has 1 aliphatic heterocycles. The van der Waals surface area contributed by atoms with Gasteiger partial charge in [0.05, 0.1) is 23.8 Å². The van der Waals surface area contributed by atoms with Crippen molar-refractivity contribution in [2.24, 2.45) is 41.4 Å². The Labute approximate surface area is 216 Å². The molecule has 4 rings (SSSR count). The Morgan fingerprint density at radius 2 is 2.00 bits per heavy atom. The Morgan fingerprint density at radius 3 is 2.67 bits per heavy atom. The van der Waals surface area contributed by atoms with Gasteiger partial charge in [-0.25, -0.2) is 0 Å². The van der Waals surface area contributed by atoms with Gasteiger partial charge in [0.25, 0.3) is 0 Å². The van der Waals surface area contributed by atoms with Crippen LogP contribution in [0.25, 0.3) is 0 Å². The summed E-state index contributed by atoms with van der Waals surface area (Å²) in [5.41, 5.74) is 1.90. The summed E-state index contributed by atoms with van der Waals surface area (Å²) in [6.07, 6.45) is 18.7. The van der Waals surface area contributed by atoms with Crippen LogP contribution in [0.15, 0.2) is 54.3 Å². The van der Waals surface area contributed by atoms with Gasteiger partial charge in [-0.05, 0) is 80.4 Å². The first kappa shape index (κ1) is 26.7. The second-order valence-corrected chi connectivity index (χ2v) is 11.2. The zero-order chi connectivity index (χ0) is 25.8. The molecule has 36 heavy (non-hydrogen) atoms. The van der Waals surface area contributed by atoms with Gasteiger partial charge in [0, 0.05) is 18.0 Å². The normalized spacial score (nSPS) is 35.6. The monoisotopic (exact) mass is 493 g/mol. The smallest absolute Gasteiger partial charge is 0.308 e. The summed E-state index contributed by atoms with van der Waals surface area (Å²) in [4.78, 5) is 28.3. The van der Waals surface area contributed by atoms with Gasteiger partial charge in [0.2, 0.25) is 0 Å². The van der Waals surface area contributed by atoms with Crippen LogP contribution in [0.2, 0.25) is 0 Å². The average molecular weight is 494 g/mol. The summed E-state index contributed by atoms with van der Waals surface area (Å²) in [6.45, 7) is 8.33. The minimum atomic E-state index is -0.799. The van der Waals surface area contributed by atoms with Crippen LogP contribution < -0.4 is 0 Å². The Morgan fingerprint density at radius 1 is 1.19 bits per heavy atom. The number of aromatic nitrogens is 1. The van der Waals surface area contributed by atoms with Crippen molar-refractivity contribution >= 4 is 11.8 Å². The molecule has 2 aliphatic carbocycles. The molecule has 2 heterocycles. The number of aliphatic carboxylic acids is 1. The summed E-state index contributed by atoms with van der Waals surface area (Å²) in [7, 11) is 0. The van der Waals surface area contributed by atoms with Crippen molar-refractivity contribution in [2.75, 3.05) is 0 Å². The molecule has 0 amide bonds. The Kier molecular flexibility index (Phi) is 8.71. The Bertz CT molecular complexity index is 990. The highest BCUT2D eigenvalue weighted by atomic mass is 16.5. The van der Waals surface area contributed by atoms with E-state index in [2.05, 4.69) is 56.1 Å². The quantitative estimate of drug-likeness (QED) is 0.224. The summed E-state index contributed by atoms with van der Waals surface area (Å²) in [5, 5.41) is 9.46. The van der Waals surface area contributed by atoms with Crippen LogP contribution in [0.3, 0.4) is 0 Å². The van der Waals surface area contributed by atoms with Gasteiger partial charge < -0.3 is 14.8 Å². The maximum absolute atomic E-state index is 13.6. The fourth-order valence-electron chi connectivity index (χ4n) is 6.88. The number of ether oxygens (including phenoxy) is 1. The maximum Gasteiger partial charge on any atom is 0.308 e. The van der Waals surface area contributed by atoms with Gasteiger partial charge in [-0.3, -0.25) is 9.59 Å². The molecular weight excluding hydrogens is 450 g/mol. The number of carboxylic acid groups (broad SMARTS) is 1. The minimum absolute atomic E-state index is 0.0458. The number of fused-ring (bicyclic) bond motifs is 1. The molecule has 1 saturated heterocycles. The van der Waals surface area contributed by atoms with Crippen molar-refractivity contribution in [3.63, 3.8) is 0 Å². The molecule has 5 nitrogen and oxygen atoms in total. The molecule has 0 radical (unpaired) electrons. The number of nitrogens with one attached hydrogen (secondary N) is 1. The fraction of sp³-hybridized carbons (Fsp3) is 0.613. The predicted octanol–water partition coefficient (Wildman–Crippen LogP) is 6.85. The molecule has 1 aromatic heterocycles. The molecule has 1 aromatic rings. The Hall–Kier alpha value is -2.40. The first-order valence-electron chi connectivity index (χ1n) is 14.0. The van der Waals surface area contributed by atoms with Crippen LogP contribution in [-0.4, -0.2) is 34.1 Å². The molecule has 2 fully saturated rings. The van der Waals surface area contributed by atoms with E-state index < -0.39 is 11.9 Å². The van der Waals surface area contributed by atoms with Crippen molar-refractivity contribution in [1.82, 2.24) is 4.98 Å². The van der Waals surface area contributed by atoms with E-state index in [1.165, 1.54) is 18.4 Å². The van der Waals surface area contributed by atoms with Gasteiger partial charge in [-0.15, -0.1) is 0 Å². The third-order valence-corrected chi connectivity index (χ3v) is 9.14. The number of carbonyl (C=O) groups excluding carboxylic acids is 1. The number of hydrogen-bond acceptors (Lipinski definition) is 3. The number of ketones is 1. The van der Waals surface area contributed by atoms with E-state index >= 15 is 0 Å². The highest BCUT2D eigenvalue weighted by Gasteiger charge is 2.45. The SMILES string of the molecule is CC/C(=C\C=C\[C@@H]1C=C[C@@H]2[C@@H](CC)CC[C@H]2[C@@H]1C(=O)c1ccc[nH]1)[C@@H]1O[C@@H]([C@@H](C)C(=O)O)CC[C@@H]1C. The zero-order valence-corrected chi connectivity index (χ0v) is 22.2. The topological polar surface area (TPSA) is 79.4 Å². The molecule has 5 heteroatoms. The predicted molar refractivity (Wildman–Crippen MR) is 143 cm³/mol. The molecule has 0 aromatic carbocycles. The maximum atomic E-state index is 13.6. The third-order valence-electron chi connectivity index (χ3n) is 9.14. The molecule has 9 atom stereocenters.